The van der Waals surface area contributed by atoms with Crippen LogP contribution in [0.15, 0.2) is 18.3 Å². The Morgan fingerprint density at radius 1 is 1.33 bits per heavy atom. The highest BCUT2D eigenvalue weighted by atomic mass is 32.2. The minimum Gasteiger partial charge on any atom is -0.384 e. The fourth-order valence-electron chi connectivity index (χ4n) is 1.74. The van der Waals surface area contributed by atoms with E-state index in [-0.39, 0.29) is 0 Å². The quantitative estimate of drug-likeness (QED) is 0.827. The van der Waals surface area contributed by atoms with Crippen molar-refractivity contribution in [1.29, 1.82) is 0 Å². The second-order valence-electron chi connectivity index (χ2n) is 3.83. The number of nitrogens with zero attached hydrogens (tertiary/aromatic N) is 2. The maximum Gasteiger partial charge on any atom is 0.123 e. The second kappa shape index (κ2) is 5.37. The van der Waals surface area contributed by atoms with Crippen LogP contribution in [0, 0.1) is 0 Å². The van der Waals surface area contributed by atoms with Crippen LogP contribution in [0.1, 0.15) is 12.0 Å². The number of thioether (sulfide) groups is 1. The van der Waals surface area contributed by atoms with E-state index in [1.807, 2.05) is 12.3 Å². The van der Waals surface area contributed by atoms with Gasteiger partial charge in [-0.15, -0.1) is 0 Å². The molecule has 0 saturated carbocycles. The zero-order valence-electron chi connectivity index (χ0n) is 8.85. The first kappa shape index (κ1) is 10.8. The van der Waals surface area contributed by atoms with Gasteiger partial charge in [0.15, 0.2) is 0 Å². The number of aromatic nitrogens is 1. The van der Waals surface area contributed by atoms with Crippen LogP contribution in [-0.4, -0.2) is 34.5 Å². The number of hydrogen-bond donors (Lipinski definition) is 1. The molecule has 2 rings (SSSR count). The Labute approximate surface area is 95.1 Å². The number of nitrogen functional groups attached to an aromatic ring is 1. The first-order valence-electron chi connectivity index (χ1n) is 5.35. The minimum atomic E-state index is 0.602. The minimum absolute atomic E-state index is 0.602. The summed E-state index contributed by atoms with van der Waals surface area (Å²) in [6.45, 7) is 3.40. The lowest BCUT2D eigenvalue weighted by atomic mass is 10.2. The van der Waals surface area contributed by atoms with Crippen LogP contribution < -0.4 is 5.73 Å². The predicted molar refractivity (Wildman–Crippen MR) is 65.9 cm³/mol. The van der Waals surface area contributed by atoms with Gasteiger partial charge in [0.25, 0.3) is 0 Å². The summed E-state index contributed by atoms with van der Waals surface area (Å²) in [4.78, 5) is 6.61. The number of nitrogens with two attached hydrogens (primary N) is 1. The maximum absolute atomic E-state index is 5.56. The van der Waals surface area contributed by atoms with Crippen LogP contribution in [0.3, 0.4) is 0 Å². The van der Waals surface area contributed by atoms with E-state index in [1.165, 1.54) is 36.6 Å². The summed E-state index contributed by atoms with van der Waals surface area (Å²) in [5.74, 6) is 3.16. The smallest absolute Gasteiger partial charge is 0.123 e. The van der Waals surface area contributed by atoms with Gasteiger partial charge in [-0.25, -0.2) is 4.98 Å². The van der Waals surface area contributed by atoms with Gasteiger partial charge >= 0.3 is 0 Å². The van der Waals surface area contributed by atoms with Crippen LogP contribution in [0.25, 0.3) is 0 Å². The molecular formula is C11H17N3S. The van der Waals surface area contributed by atoms with Gasteiger partial charge < -0.3 is 5.73 Å². The van der Waals surface area contributed by atoms with Crippen molar-refractivity contribution < 1.29 is 0 Å². The third kappa shape index (κ3) is 3.39. The molecule has 2 N–H and O–H groups in total. The molecule has 1 aliphatic heterocycles. The molecule has 0 amide bonds. The van der Waals surface area contributed by atoms with E-state index in [9.17, 15) is 0 Å². The van der Waals surface area contributed by atoms with Crippen molar-refractivity contribution in [2.24, 2.45) is 0 Å². The summed E-state index contributed by atoms with van der Waals surface area (Å²) in [5.41, 5.74) is 6.82. The molecular weight excluding hydrogens is 206 g/mol. The lowest BCUT2D eigenvalue weighted by Gasteiger charge is -2.19. The van der Waals surface area contributed by atoms with Gasteiger partial charge in [-0.3, -0.25) is 4.90 Å². The Bertz CT molecular complexity index is 291. The van der Waals surface area contributed by atoms with Gasteiger partial charge in [-0.1, -0.05) is 6.07 Å². The summed E-state index contributed by atoms with van der Waals surface area (Å²) in [6.07, 6.45) is 3.18. The van der Waals surface area contributed by atoms with Crippen LogP contribution >= 0.6 is 11.8 Å². The Morgan fingerprint density at radius 3 is 3.07 bits per heavy atom. The molecule has 0 unspecified atom stereocenters. The molecule has 0 aliphatic carbocycles. The number of anilines is 1. The highest BCUT2D eigenvalue weighted by Gasteiger charge is 2.09. The molecule has 15 heavy (non-hydrogen) atoms. The van der Waals surface area contributed by atoms with Crippen molar-refractivity contribution in [3.63, 3.8) is 0 Å². The molecule has 0 atom stereocenters. The topological polar surface area (TPSA) is 42.1 Å². The van der Waals surface area contributed by atoms with E-state index in [0.717, 1.165) is 6.54 Å². The Morgan fingerprint density at radius 2 is 2.27 bits per heavy atom. The molecule has 0 radical (unpaired) electrons. The van der Waals surface area contributed by atoms with Crippen molar-refractivity contribution >= 4 is 17.6 Å². The summed E-state index contributed by atoms with van der Waals surface area (Å²) in [7, 11) is 0. The Kier molecular flexibility index (Phi) is 3.86. The zero-order chi connectivity index (χ0) is 10.5. The molecule has 3 nitrogen and oxygen atoms in total. The maximum atomic E-state index is 5.56. The number of pyridine rings is 1. The lowest BCUT2D eigenvalue weighted by molar-refractivity contribution is 0.287. The number of rotatable bonds is 2. The first-order valence-corrected chi connectivity index (χ1v) is 6.50. The highest BCUT2D eigenvalue weighted by Crippen LogP contribution is 2.13. The average Bonchev–Trinajstić information content (AvgIpc) is 2.50. The van der Waals surface area contributed by atoms with E-state index in [1.54, 1.807) is 0 Å². The van der Waals surface area contributed by atoms with Gasteiger partial charge in [0.1, 0.15) is 5.82 Å². The molecule has 1 aliphatic rings. The molecule has 0 spiro atoms. The Hall–Kier alpha value is -0.740. The van der Waals surface area contributed by atoms with Crippen molar-refractivity contribution in [2.45, 2.75) is 13.0 Å². The van der Waals surface area contributed by atoms with Crippen molar-refractivity contribution in [1.82, 2.24) is 9.88 Å². The largest absolute Gasteiger partial charge is 0.384 e. The van der Waals surface area contributed by atoms with Gasteiger partial charge in [-0.2, -0.15) is 11.8 Å². The van der Waals surface area contributed by atoms with Crippen molar-refractivity contribution in [3.8, 4) is 0 Å². The molecule has 82 valence electrons. The van der Waals surface area contributed by atoms with Crippen LogP contribution in [0.4, 0.5) is 5.82 Å². The molecule has 0 aromatic carbocycles. The molecule has 1 aromatic rings. The van der Waals surface area contributed by atoms with E-state index in [0.29, 0.717) is 5.82 Å². The Balaban J connectivity index is 1.92. The average molecular weight is 223 g/mol. The third-order valence-corrected chi connectivity index (χ3v) is 3.62. The molecule has 2 heterocycles. The fraction of sp³-hybridized carbons (Fsp3) is 0.545. The molecule has 1 aromatic heterocycles. The summed E-state index contributed by atoms with van der Waals surface area (Å²) in [5, 5.41) is 0. The first-order chi connectivity index (χ1) is 7.34. The van der Waals surface area contributed by atoms with E-state index < -0.39 is 0 Å². The molecule has 1 saturated heterocycles. The normalized spacial score (nSPS) is 18.7. The zero-order valence-corrected chi connectivity index (χ0v) is 9.67. The van der Waals surface area contributed by atoms with Gasteiger partial charge in [-0.05, 0) is 30.3 Å². The number of hydrogen-bond acceptors (Lipinski definition) is 4. The van der Waals surface area contributed by atoms with E-state index in [2.05, 4.69) is 27.7 Å². The van der Waals surface area contributed by atoms with Crippen LogP contribution in [0.2, 0.25) is 0 Å². The second-order valence-corrected chi connectivity index (χ2v) is 5.06. The van der Waals surface area contributed by atoms with Crippen molar-refractivity contribution in [3.05, 3.63) is 23.9 Å². The summed E-state index contributed by atoms with van der Waals surface area (Å²) in [6, 6.07) is 3.95. The van der Waals surface area contributed by atoms with E-state index in [4.69, 9.17) is 5.73 Å². The standard InChI is InChI=1S/C11H17N3S/c12-11-3-2-10(8-13-11)9-14-4-1-6-15-7-5-14/h2-3,8H,1,4-7,9H2,(H2,12,13). The van der Waals surface area contributed by atoms with Crippen LogP contribution in [-0.2, 0) is 6.54 Å². The van der Waals surface area contributed by atoms with E-state index >= 15 is 0 Å². The summed E-state index contributed by atoms with van der Waals surface area (Å²) >= 11 is 2.06. The fourth-order valence-corrected chi connectivity index (χ4v) is 2.67. The highest BCUT2D eigenvalue weighted by molar-refractivity contribution is 7.99. The van der Waals surface area contributed by atoms with Gasteiger partial charge in [0, 0.05) is 25.0 Å². The molecule has 0 bridgehead atoms. The third-order valence-electron chi connectivity index (χ3n) is 2.57. The van der Waals surface area contributed by atoms with Gasteiger partial charge in [0.2, 0.25) is 0 Å². The van der Waals surface area contributed by atoms with Gasteiger partial charge in [0.05, 0.1) is 0 Å². The lowest BCUT2D eigenvalue weighted by Crippen LogP contribution is -2.25. The molecule has 4 heteroatoms. The monoisotopic (exact) mass is 223 g/mol. The summed E-state index contributed by atoms with van der Waals surface area (Å²) < 4.78 is 0. The SMILES string of the molecule is Nc1ccc(CN2CCCSCC2)cn1. The van der Waals surface area contributed by atoms with Crippen molar-refractivity contribution in [2.75, 3.05) is 30.3 Å². The molecule has 1 fully saturated rings. The predicted octanol–water partition coefficient (Wildman–Crippen LogP) is 1.60. The van der Waals surface area contributed by atoms with Crippen LogP contribution in [0.5, 0.6) is 0 Å².